The summed E-state index contributed by atoms with van der Waals surface area (Å²) in [5, 5.41) is 0. The Morgan fingerprint density at radius 1 is 1.33 bits per heavy atom. The van der Waals surface area contributed by atoms with E-state index in [-0.39, 0.29) is 10.9 Å². The van der Waals surface area contributed by atoms with Gasteiger partial charge in [-0.05, 0) is 33.6 Å². The van der Waals surface area contributed by atoms with Crippen LogP contribution in [0, 0.1) is 5.82 Å². The summed E-state index contributed by atoms with van der Waals surface area (Å²) in [6.07, 6.45) is -4.55. The Labute approximate surface area is 109 Å². The van der Waals surface area contributed by atoms with Crippen LogP contribution in [0.5, 0.6) is 0 Å². The monoisotopic (exact) mass is 328 g/mol. The van der Waals surface area contributed by atoms with E-state index >= 15 is 0 Å². The highest BCUT2D eigenvalue weighted by molar-refractivity contribution is 9.10. The minimum atomic E-state index is -4.45. The predicted octanol–water partition coefficient (Wildman–Crippen LogP) is 3.28. The number of carbonyl (C=O) groups excluding carboxylic acids is 1. The number of ether oxygens (including phenoxy) is 1. The second-order valence-corrected chi connectivity index (χ2v) is 4.43. The molecule has 1 rings (SSSR count). The molecule has 0 amide bonds. The average molecular weight is 329 g/mol. The summed E-state index contributed by atoms with van der Waals surface area (Å²) >= 11 is 2.95. The summed E-state index contributed by atoms with van der Waals surface area (Å²) < 4.78 is 52.6. The first-order valence-corrected chi connectivity index (χ1v) is 5.67. The number of benzene rings is 1. The Morgan fingerprint density at radius 2 is 2.00 bits per heavy atom. The third-order valence-corrected chi connectivity index (χ3v) is 2.52. The molecule has 0 aliphatic heterocycles. The first-order chi connectivity index (χ1) is 8.28. The predicted molar refractivity (Wildman–Crippen MR) is 59.7 cm³/mol. The molecular weight excluding hydrogens is 320 g/mol. The minimum absolute atomic E-state index is 0.100. The van der Waals surface area contributed by atoms with Crippen molar-refractivity contribution in [1.82, 2.24) is 0 Å². The van der Waals surface area contributed by atoms with Crippen LogP contribution < -0.4 is 0 Å². The zero-order chi connectivity index (χ0) is 13.8. The number of halogens is 5. The lowest BCUT2D eigenvalue weighted by Gasteiger charge is -2.07. The van der Waals surface area contributed by atoms with Crippen LogP contribution in [0.2, 0.25) is 0 Å². The minimum Gasteiger partial charge on any atom is -0.364 e. The number of Topliss-reactive ketones (excluding diaryl/α,β-unsaturated/α-hetero) is 1. The first-order valence-electron chi connectivity index (χ1n) is 4.88. The molecule has 0 N–H and O–H groups in total. The van der Waals surface area contributed by atoms with Gasteiger partial charge in [-0.1, -0.05) is 6.07 Å². The van der Waals surface area contributed by atoms with E-state index in [2.05, 4.69) is 20.7 Å². The maximum atomic E-state index is 12.9. The molecule has 0 atom stereocenters. The standard InChI is InChI=1S/C11H9BrF4O2/c12-9-4-7(1-2-10(9)13)3-8(17)5-18-6-11(14,15)16/h1-2,4H,3,5-6H2. The maximum Gasteiger partial charge on any atom is 0.411 e. The van der Waals surface area contributed by atoms with E-state index in [0.717, 1.165) is 0 Å². The van der Waals surface area contributed by atoms with Gasteiger partial charge in [0.15, 0.2) is 5.78 Å². The van der Waals surface area contributed by atoms with Gasteiger partial charge in [0.05, 0.1) is 4.47 Å². The van der Waals surface area contributed by atoms with Gasteiger partial charge in [0.25, 0.3) is 0 Å². The van der Waals surface area contributed by atoms with Crippen molar-refractivity contribution in [1.29, 1.82) is 0 Å². The van der Waals surface area contributed by atoms with Gasteiger partial charge in [-0.15, -0.1) is 0 Å². The molecule has 0 spiro atoms. The third kappa shape index (κ3) is 5.59. The molecule has 0 fully saturated rings. The SMILES string of the molecule is O=C(COCC(F)(F)F)Cc1ccc(F)c(Br)c1. The van der Waals surface area contributed by atoms with Crippen molar-refractivity contribution in [3.63, 3.8) is 0 Å². The molecule has 0 aliphatic carbocycles. The van der Waals surface area contributed by atoms with Gasteiger partial charge in [-0.25, -0.2) is 4.39 Å². The Hall–Kier alpha value is -0.950. The van der Waals surface area contributed by atoms with Crippen molar-refractivity contribution in [3.8, 4) is 0 Å². The maximum absolute atomic E-state index is 12.9. The van der Waals surface area contributed by atoms with Crippen LogP contribution in [0.3, 0.4) is 0 Å². The first kappa shape index (κ1) is 15.1. The number of hydrogen-bond acceptors (Lipinski definition) is 2. The van der Waals surface area contributed by atoms with Gasteiger partial charge in [-0.2, -0.15) is 13.2 Å². The summed E-state index contributed by atoms with van der Waals surface area (Å²) in [6.45, 7) is -2.07. The fourth-order valence-electron chi connectivity index (χ4n) is 1.21. The number of alkyl halides is 3. The molecule has 0 heterocycles. The zero-order valence-corrected chi connectivity index (χ0v) is 10.6. The topological polar surface area (TPSA) is 26.3 Å². The average Bonchev–Trinajstić information content (AvgIpc) is 2.21. The largest absolute Gasteiger partial charge is 0.411 e. The molecule has 0 saturated carbocycles. The molecule has 2 nitrogen and oxygen atoms in total. The Kier molecular flexibility index (Phi) is 5.28. The van der Waals surface area contributed by atoms with E-state index in [9.17, 15) is 22.4 Å². The Balaban J connectivity index is 2.42. The number of hydrogen-bond donors (Lipinski definition) is 0. The van der Waals surface area contributed by atoms with Crippen LogP contribution in [0.15, 0.2) is 22.7 Å². The molecular formula is C11H9BrF4O2. The summed E-state index contributed by atoms with van der Waals surface area (Å²) in [5.41, 5.74) is 0.504. The lowest BCUT2D eigenvalue weighted by molar-refractivity contribution is -0.175. The van der Waals surface area contributed by atoms with Gasteiger partial charge in [0, 0.05) is 6.42 Å². The number of rotatable bonds is 5. The molecule has 0 aromatic heterocycles. The van der Waals surface area contributed by atoms with E-state index in [1.54, 1.807) is 0 Å². The van der Waals surface area contributed by atoms with Crippen molar-refractivity contribution in [2.45, 2.75) is 12.6 Å². The molecule has 7 heteroatoms. The van der Waals surface area contributed by atoms with Gasteiger partial charge in [-0.3, -0.25) is 4.79 Å². The number of carbonyl (C=O) groups is 1. The number of ketones is 1. The fraction of sp³-hybridized carbons (Fsp3) is 0.364. The molecule has 100 valence electrons. The molecule has 0 unspecified atom stereocenters. The summed E-state index contributed by atoms with van der Waals surface area (Å²) in [7, 11) is 0. The Bertz CT molecular complexity index is 432. The normalized spacial score (nSPS) is 11.6. The molecule has 1 aromatic rings. The van der Waals surface area contributed by atoms with Crippen LogP contribution in [-0.2, 0) is 16.0 Å². The smallest absolute Gasteiger partial charge is 0.364 e. The second kappa shape index (κ2) is 6.29. The third-order valence-electron chi connectivity index (χ3n) is 1.91. The highest BCUT2D eigenvalue weighted by atomic mass is 79.9. The molecule has 0 saturated heterocycles. The van der Waals surface area contributed by atoms with Crippen molar-refractivity contribution < 1.29 is 27.1 Å². The molecule has 0 bridgehead atoms. The Morgan fingerprint density at radius 3 is 2.56 bits per heavy atom. The van der Waals surface area contributed by atoms with Gasteiger partial charge in [0.2, 0.25) is 0 Å². The van der Waals surface area contributed by atoms with Crippen LogP contribution in [0.1, 0.15) is 5.56 Å². The lowest BCUT2D eigenvalue weighted by Crippen LogP contribution is -2.21. The highest BCUT2D eigenvalue weighted by Gasteiger charge is 2.27. The van der Waals surface area contributed by atoms with Crippen LogP contribution in [0.25, 0.3) is 0 Å². The van der Waals surface area contributed by atoms with Crippen molar-refractivity contribution >= 4 is 21.7 Å². The summed E-state index contributed by atoms with van der Waals surface area (Å²) in [6, 6.07) is 3.96. The van der Waals surface area contributed by atoms with Crippen LogP contribution in [0.4, 0.5) is 17.6 Å². The van der Waals surface area contributed by atoms with Crippen LogP contribution in [-0.4, -0.2) is 25.2 Å². The van der Waals surface area contributed by atoms with E-state index in [1.165, 1.54) is 18.2 Å². The molecule has 18 heavy (non-hydrogen) atoms. The summed E-state index contributed by atoms with van der Waals surface area (Å²) in [4.78, 5) is 11.3. The van der Waals surface area contributed by atoms with Gasteiger partial charge >= 0.3 is 6.18 Å². The molecule has 0 radical (unpaired) electrons. The van der Waals surface area contributed by atoms with Gasteiger partial charge < -0.3 is 4.74 Å². The van der Waals surface area contributed by atoms with Crippen molar-refractivity contribution in [3.05, 3.63) is 34.1 Å². The van der Waals surface area contributed by atoms with E-state index in [0.29, 0.717) is 5.56 Å². The van der Waals surface area contributed by atoms with E-state index in [1.807, 2.05) is 0 Å². The van der Waals surface area contributed by atoms with Crippen LogP contribution >= 0.6 is 15.9 Å². The fourth-order valence-corrected chi connectivity index (χ4v) is 1.64. The highest BCUT2D eigenvalue weighted by Crippen LogP contribution is 2.17. The lowest BCUT2D eigenvalue weighted by atomic mass is 10.1. The zero-order valence-electron chi connectivity index (χ0n) is 9.06. The molecule has 0 aliphatic rings. The summed E-state index contributed by atoms with van der Waals surface area (Å²) in [5.74, 6) is -0.975. The van der Waals surface area contributed by atoms with E-state index in [4.69, 9.17) is 0 Å². The van der Waals surface area contributed by atoms with Crippen molar-refractivity contribution in [2.75, 3.05) is 13.2 Å². The second-order valence-electron chi connectivity index (χ2n) is 3.57. The van der Waals surface area contributed by atoms with Crippen molar-refractivity contribution in [2.24, 2.45) is 0 Å². The van der Waals surface area contributed by atoms with Gasteiger partial charge in [0.1, 0.15) is 19.0 Å². The molecule has 1 aromatic carbocycles. The van der Waals surface area contributed by atoms with E-state index < -0.39 is 31.0 Å². The quantitative estimate of drug-likeness (QED) is 0.775.